The zero-order chi connectivity index (χ0) is 16.9. The molecule has 0 unspecified atom stereocenters. The summed E-state index contributed by atoms with van der Waals surface area (Å²) in [4.78, 5) is 23.1. The Morgan fingerprint density at radius 2 is 1.58 bits per heavy atom. The number of rotatable bonds is 4. The first kappa shape index (κ1) is 15.5. The fourth-order valence-corrected chi connectivity index (χ4v) is 2.46. The van der Waals surface area contributed by atoms with Crippen LogP contribution in [0, 0.1) is 0 Å². The molecular weight excluding hydrogens is 300 g/mol. The van der Waals surface area contributed by atoms with Crippen molar-refractivity contribution in [3.05, 3.63) is 83.9 Å². The van der Waals surface area contributed by atoms with Gasteiger partial charge in [-0.1, -0.05) is 42.5 Å². The Bertz CT molecular complexity index is 923. The average molecular weight is 316 g/mol. The van der Waals surface area contributed by atoms with Crippen molar-refractivity contribution in [1.82, 2.24) is 0 Å². The number of carbonyl (C=O) groups excluding carboxylic acids is 2. The summed E-state index contributed by atoms with van der Waals surface area (Å²) in [5.74, 6) is -0.738. The molecule has 4 heteroatoms. The van der Waals surface area contributed by atoms with Crippen LogP contribution in [0.15, 0.2) is 72.8 Å². The molecule has 0 atom stereocenters. The molecule has 3 aromatic rings. The lowest BCUT2D eigenvalue weighted by Gasteiger charge is -2.04. The van der Waals surface area contributed by atoms with Crippen LogP contribution in [0.3, 0.4) is 0 Å². The molecule has 0 fully saturated rings. The fraction of sp³-hybridized carbons (Fsp3) is 0. The summed E-state index contributed by atoms with van der Waals surface area (Å²) in [5, 5.41) is 4.97. The number of nitrogens with one attached hydrogen (secondary N) is 1. The van der Waals surface area contributed by atoms with Crippen molar-refractivity contribution in [1.29, 1.82) is 0 Å². The molecule has 3 N–H and O–H groups in total. The van der Waals surface area contributed by atoms with Crippen molar-refractivity contribution < 1.29 is 9.59 Å². The van der Waals surface area contributed by atoms with Gasteiger partial charge in [0.05, 0.1) is 0 Å². The average Bonchev–Trinajstić information content (AvgIpc) is 2.60. The third-order valence-electron chi connectivity index (χ3n) is 3.67. The number of benzene rings is 3. The first-order valence-electron chi connectivity index (χ1n) is 7.50. The van der Waals surface area contributed by atoms with E-state index in [2.05, 4.69) is 5.32 Å². The van der Waals surface area contributed by atoms with E-state index in [1.165, 1.54) is 6.08 Å². The topological polar surface area (TPSA) is 72.2 Å². The standard InChI is InChI=1S/C20H16N2O2/c21-20(24)16-8-11-17(12-9-16)22-19(23)13-10-15-6-3-5-14-4-1-2-7-18(14)15/h1-13H,(H2,21,24)(H,22,23)/b13-10+. The second-order valence-corrected chi connectivity index (χ2v) is 5.33. The Labute approximate surface area is 139 Å². The number of hydrogen-bond acceptors (Lipinski definition) is 2. The maximum atomic E-state index is 12.1. The monoisotopic (exact) mass is 316 g/mol. The Morgan fingerprint density at radius 1 is 0.875 bits per heavy atom. The molecule has 0 saturated carbocycles. The van der Waals surface area contributed by atoms with Gasteiger partial charge < -0.3 is 11.1 Å². The van der Waals surface area contributed by atoms with Crippen molar-refractivity contribution in [3.63, 3.8) is 0 Å². The van der Waals surface area contributed by atoms with E-state index < -0.39 is 5.91 Å². The molecule has 0 aliphatic carbocycles. The molecule has 0 saturated heterocycles. The van der Waals surface area contributed by atoms with Gasteiger partial charge in [0.1, 0.15) is 0 Å². The third kappa shape index (κ3) is 3.50. The lowest BCUT2D eigenvalue weighted by Crippen LogP contribution is -2.11. The summed E-state index contributed by atoms with van der Waals surface area (Å²) in [6.45, 7) is 0. The van der Waals surface area contributed by atoms with E-state index in [-0.39, 0.29) is 5.91 Å². The predicted octanol–water partition coefficient (Wildman–Crippen LogP) is 3.59. The van der Waals surface area contributed by atoms with E-state index in [1.807, 2.05) is 42.5 Å². The Balaban J connectivity index is 1.74. The highest BCUT2D eigenvalue weighted by molar-refractivity contribution is 6.03. The van der Waals surface area contributed by atoms with E-state index in [0.29, 0.717) is 11.3 Å². The van der Waals surface area contributed by atoms with Crippen LogP contribution < -0.4 is 11.1 Å². The normalized spacial score (nSPS) is 10.8. The van der Waals surface area contributed by atoms with Gasteiger partial charge in [-0.05, 0) is 46.7 Å². The van der Waals surface area contributed by atoms with Crippen LogP contribution in [0.4, 0.5) is 5.69 Å². The first-order valence-corrected chi connectivity index (χ1v) is 7.50. The van der Waals surface area contributed by atoms with E-state index >= 15 is 0 Å². The summed E-state index contributed by atoms with van der Waals surface area (Å²) >= 11 is 0. The van der Waals surface area contributed by atoms with Gasteiger partial charge in [-0.3, -0.25) is 9.59 Å². The van der Waals surface area contributed by atoms with Crippen LogP contribution in [-0.2, 0) is 4.79 Å². The van der Waals surface area contributed by atoms with E-state index in [0.717, 1.165) is 16.3 Å². The van der Waals surface area contributed by atoms with Crippen LogP contribution >= 0.6 is 0 Å². The van der Waals surface area contributed by atoms with Crippen LogP contribution in [0.5, 0.6) is 0 Å². The molecule has 0 radical (unpaired) electrons. The lowest BCUT2D eigenvalue weighted by atomic mass is 10.0. The SMILES string of the molecule is NC(=O)c1ccc(NC(=O)/C=C/c2cccc3ccccc23)cc1. The number of amides is 2. The van der Waals surface area contributed by atoms with E-state index in [4.69, 9.17) is 5.73 Å². The molecule has 0 aliphatic heterocycles. The highest BCUT2D eigenvalue weighted by atomic mass is 16.1. The zero-order valence-corrected chi connectivity index (χ0v) is 12.9. The summed E-state index contributed by atoms with van der Waals surface area (Å²) in [6, 6.07) is 20.4. The number of anilines is 1. The summed E-state index contributed by atoms with van der Waals surface area (Å²) in [6.07, 6.45) is 3.28. The minimum absolute atomic E-state index is 0.241. The number of nitrogens with two attached hydrogens (primary N) is 1. The fourth-order valence-electron chi connectivity index (χ4n) is 2.46. The maximum absolute atomic E-state index is 12.1. The summed E-state index contributed by atoms with van der Waals surface area (Å²) in [7, 11) is 0. The summed E-state index contributed by atoms with van der Waals surface area (Å²) in [5.41, 5.74) is 7.17. The Hall–Kier alpha value is -3.40. The van der Waals surface area contributed by atoms with Gasteiger partial charge in [-0.25, -0.2) is 0 Å². The maximum Gasteiger partial charge on any atom is 0.248 e. The van der Waals surface area contributed by atoms with Crippen LogP contribution in [0.25, 0.3) is 16.8 Å². The number of primary amides is 1. The molecule has 0 aromatic heterocycles. The first-order chi connectivity index (χ1) is 11.6. The van der Waals surface area contributed by atoms with Gasteiger partial charge >= 0.3 is 0 Å². The molecule has 3 rings (SSSR count). The molecule has 3 aromatic carbocycles. The Kier molecular flexibility index (Phi) is 4.38. The number of carbonyl (C=O) groups is 2. The third-order valence-corrected chi connectivity index (χ3v) is 3.67. The van der Waals surface area contributed by atoms with Crippen molar-refractivity contribution in [3.8, 4) is 0 Å². The molecule has 0 bridgehead atoms. The van der Waals surface area contributed by atoms with Crippen LogP contribution in [0.1, 0.15) is 15.9 Å². The van der Waals surface area contributed by atoms with Crippen molar-refractivity contribution in [2.45, 2.75) is 0 Å². The van der Waals surface area contributed by atoms with Gasteiger partial charge in [-0.15, -0.1) is 0 Å². The number of hydrogen-bond donors (Lipinski definition) is 2. The predicted molar refractivity (Wildman–Crippen MR) is 96.6 cm³/mol. The Morgan fingerprint density at radius 3 is 2.33 bits per heavy atom. The smallest absolute Gasteiger partial charge is 0.248 e. The molecule has 4 nitrogen and oxygen atoms in total. The lowest BCUT2D eigenvalue weighted by molar-refractivity contribution is -0.111. The van der Waals surface area contributed by atoms with Crippen molar-refractivity contribution in [2.24, 2.45) is 5.73 Å². The minimum Gasteiger partial charge on any atom is -0.366 e. The second-order valence-electron chi connectivity index (χ2n) is 5.33. The highest BCUT2D eigenvalue weighted by Gasteiger charge is 2.02. The van der Waals surface area contributed by atoms with Crippen LogP contribution in [-0.4, -0.2) is 11.8 Å². The summed E-state index contributed by atoms with van der Waals surface area (Å²) < 4.78 is 0. The van der Waals surface area contributed by atoms with E-state index in [1.54, 1.807) is 30.3 Å². The van der Waals surface area contributed by atoms with Crippen molar-refractivity contribution in [2.75, 3.05) is 5.32 Å². The second kappa shape index (κ2) is 6.79. The zero-order valence-electron chi connectivity index (χ0n) is 12.9. The van der Waals surface area contributed by atoms with Gasteiger partial charge in [0.15, 0.2) is 0 Å². The molecule has 0 heterocycles. The number of fused-ring (bicyclic) bond motifs is 1. The van der Waals surface area contributed by atoms with Gasteiger partial charge in [-0.2, -0.15) is 0 Å². The van der Waals surface area contributed by atoms with Gasteiger partial charge in [0, 0.05) is 17.3 Å². The largest absolute Gasteiger partial charge is 0.366 e. The molecule has 0 spiro atoms. The molecule has 24 heavy (non-hydrogen) atoms. The van der Waals surface area contributed by atoms with Gasteiger partial charge in [0.2, 0.25) is 11.8 Å². The van der Waals surface area contributed by atoms with Gasteiger partial charge in [0.25, 0.3) is 0 Å². The molecule has 118 valence electrons. The van der Waals surface area contributed by atoms with E-state index in [9.17, 15) is 9.59 Å². The highest BCUT2D eigenvalue weighted by Crippen LogP contribution is 2.19. The molecule has 2 amide bonds. The van der Waals surface area contributed by atoms with Crippen molar-refractivity contribution >= 4 is 34.4 Å². The molecule has 0 aliphatic rings. The van der Waals surface area contributed by atoms with Crippen LogP contribution in [0.2, 0.25) is 0 Å². The quantitative estimate of drug-likeness (QED) is 0.722. The minimum atomic E-state index is -0.497. The molecular formula is C20H16N2O2.